The minimum absolute atomic E-state index is 0.0597. The first kappa shape index (κ1) is 13.5. The van der Waals surface area contributed by atoms with Gasteiger partial charge in [-0.3, -0.25) is 4.79 Å². The van der Waals surface area contributed by atoms with Gasteiger partial charge in [-0.15, -0.1) is 0 Å². The van der Waals surface area contributed by atoms with Gasteiger partial charge in [-0.1, -0.05) is 12.1 Å². The Morgan fingerprint density at radius 1 is 1.32 bits per heavy atom. The number of carbonyl (C=O) groups excluding carboxylic acids is 1. The summed E-state index contributed by atoms with van der Waals surface area (Å²) in [5.74, 6) is -0.253. The monoisotopic (exact) mass is 279 g/mol. The molecule has 100 valence electrons. The normalized spacial score (nSPS) is 10.2. The van der Waals surface area contributed by atoms with Crippen molar-refractivity contribution in [2.45, 2.75) is 6.42 Å². The fraction of sp³-hybridized carbons (Fsp3) is 0.214. The molecule has 5 heteroatoms. The summed E-state index contributed by atoms with van der Waals surface area (Å²) in [5.41, 5.74) is 0.998. The number of para-hydroxylation sites is 1. The van der Waals surface area contributed by atoms with Gasteiger partial charge in [-0.05, 0) is 34.5 Å². The third-order valence-electron chi connectivity index (χ3n) is 2.46. The van der Waals surface area contributed by atoms with Gasteiger partial charge < -0.3 is 10.1 Å². The first-order chi connectivity index (χ1) is 9.25. The average molecular weight is 279 g/mol. The topological polar surface area (TPSA) is 38.3 Å². The van der Waals surface area contributed by atoms with Crippen LogP contribution in [0.25, 0.3) is 0 Å². The third-order valence-corrected chi connectivity index (χ3v) is 3.20. The molecule has 1 heterocycles. The molecule has 0 aliphatic carbocycles. The van der Waals surface area contributed by atoms with Crippen LogP contribution in [0.1, 0.15) is 5.56 Å². The molecule has 1 amide bonds. The molecule has 0 aliphatic heterocycles. The second kappa shape index (κ2) is 6.89. The number of rotatable bonds is 6. The first-order valence-electron chi connectivity index (χ1n) is 5.91. The van der Waals surface area contributed by atoms with Crippen molar-refractivity contribution in [1.82, 2.24) is 5.32 Å². The minimum atomic E-state index is -0.396. The largest absolute Gasteiger partial charge is 0.489 e. The molecule has 0 atom stereocenters. The smallest absolute Gasteiger partial charge is 0.224 e. The summed E-state index contributed by atoms with van der Waals surface area (Å²) in [5, 5.41) is 6.60. The summed E-state index contributed by atoms with van der Waals surface area (Å²) in [6.07, 6.45) is 0.364. The second-order valence-electron chi connectivity index (χ2n) is 3.94. The van der Waals surface area contributed by atoms with Gasteiger partial charge in [-0.25, -0.2) is 4.39 Å². The van der Waals surface area contributed by atoms with Crippen LogP contribution in [0.3, 0.4) is 0 Å². The summed E-state index contributed by atoms with van der Waals surface area (Å²) in [6.45, 7) is 0.605. The molecular weight excluding hydrogens is 265 g/mol. The molecule has 0 spiro atoms. The van der Waals surface area contributed by atoms with Crippen LogP contribution in [-0.2, 0) is 11.2 Å². The molecule has 0 aliphatic rings. The van der Waals surface area contributed by atoms with Gasteiger partial charge in [0.15, 0.2) is 11.6 Å². The minimum Gasteiger partial charge on any atom is -0.489 e. The summed E-state index contributed by atoms with van der Waals surface area (Å²) in [6, 6.07) is 8.12. The van der Waals surface area contributed by atoms with E-state index in [1.54, 1.807) is 29.5 Å². The molecule has 0 fully saturated rings. The van der Waals surface area contributed by atoms with E-state index in [9.17, 15) is 9.18 Å². The van der Waals surface area contributed by atoms with Gasteiger partial charge in [0.05, 0.1) is 13.0 Å². The lowest BCUT2D eigenvalue weighted by Crippen LogP contribution is -2.29. The van der Waals surface area contributed by atoms with E-state index in [0.717, 1.165) is 5.56 Å². The van der Waals surface area contributed by atoms with Crippen LogP contribution in [0, 0.1) is 5.82 Å². The third kappa shape index (κ3) is 4.37. The van der Waals surface area contributed by atoms with Crippen molar-refractivity contribution < 1.29 is 13.9 Å². The number of halogens is 1. The Kier molecular flexibility index (Phi) is 4.92. The molecule has 0 radical (unpaired) electrons. The quantitative estimate of drug-likeness (QED) is 0.826. The highest BCUT2D eigenvalue weighted by Gasteiger charge is 2.04. The standard InChI is InChI=1S/C14H14FNO2S/c15-12-3-1-2-4-13(12)18-7-6-16-14(17)9-11-5-8-19-10-11/h1-5,8,10H,6-7,9H2,(H,16,17). The Bertz CT molecular complexity index is 528. The molecule has 1 N–H and O–H groups in total. The van der Waals surface area contributed by atoms with E-state index in [4.69, 9.17) is 4.74 Å². The van der Waals surface area contributed by atoms with Crippen LogP contribution in [0.5, 0.6) is 5.75 Å². The maximum atomic E-state index is 13.2. The number of amides is 1. The van der Waals surface area contributed by atoms with Crippen molar-refractivity contribution >= 4 is 17.2 Å². The highest BCUT2D eigenvalue weighted by Crippen LogP contribution is 2.14. The number of hydrogen-bond donors (Lipinski definition) is 1. The highest BCUT2D eigenvalue weighted by molar-refractivity contribution is 7.07. The lowest BCUT2D eigenvalue weighted by Gasteiger charge is -2.08. The Hall–Kier alpha value is -1.88. The second-order valence-corrected chi connectivity index (χ2v) is 4.72. The number of nitrogens with one attached hydrogen (secondary N) is 1. The molecule has 0 unspecified atom stereocenters. The van der Waals surface area contributed by atoms with Gasteiger partial charge in [0.25, 0.3) is 0 Å². The average Bonchev–Trinajstić information content (AvgIpc) is 2.89. The molecule has 3 nitrogen and oxygen atoms in total. The van der Waals surface area contributed by atoms with E-state index >= 15 is 0 Å². The summed E-state index contributed by atoms with van der Waals surface area (Å²) in [4.78, 5) is 11.6. The Morgan fingerprint density at radius 2 is 2.16 bits per heavy atom. The van der Waals surface area contributed by atoms with E-state index in [2.05, 4.69) is 5.32 Å². The number of benzene rings is 1. The van der Waals surface area contributed by atoms with Crippen molar-refractivity contribution in [3.05, 3.63) is 52.5 Å². The van der Waals surface area contributed by atoms with Crippen molar-refractivity contribution in [3.63, 3.8) is 0 Å². The summed E-state index contributed by atoms with van der Waals surface area (Å²) >= 11 is 1.56. The van der Waals surface area contributed by atoms with Crippen LogP contribution in [0.2, 0.25) is 0 Å². The molecule has 0 saturated heterocycles. The Balaban J connectivity index is 1.67. The van der Waals surface area contributed by atoms with Gasteiger partial charge in [-0.2, -0.15) is 11.3 Å². The molecule has 1 aromatic heterocycles. The maximum Gasteiger partial charge on any atom is 0.224 e. The number of thiophene rings is 1. The Morgan fingerprint density at radius 3 is 2.89 bits per heavy atom. The lowest BCUT2D eigenvalue weighted by molar-refractivity contribution is -0.120. The molecule has 1 aromatic carbocycles. The summed E-state index contributed by atoms with van der Waals surface area (Å²) in [7, 11) is 0. The van der Waals surface area contributed by atoms with Crippen LogP contribution < -0.4 is 10.1 Å². The van der Waals surface area contributed by atoms with E-state index in [1.807, 2.05) is 16.8 Å². The maximum absolute atomic E-state index is 13.2. The van der Waals surface area contributed by atoms with Crippen LogP contribution >= 0.6 is 11.3 Å². The molecule has 2 rings (SSSR count). The van der Waals surface area contributed by atoms with Gasteiger partial charge in [0, 0.05) is 0 Å². The zero-order valence-corrected chi connectivity index (χ0v) is 11.1. The lowest BCUT2D eigenvalue weighted by atomic mass is 10.2. The SMILES string of the molecule is O=C(Cc1ccsc1)NCCOc1ccccc1F. The highest BCUT2D eigenvalue weighted by atomic mass is 32.1. The van der Waals surface area contributed by atoms with Crippen molar-refractivity contribution in [2.24, 2.45) is 0 Å². The van der Waals surface area contributed by atoms with E-state index in [-0.39, 0.29) is 18.3 Å². The fourth-order valence-electron chi connectivity index (χ4n) is 1.55. The molecule has 0 saturated carbocycles. The number of carbonyl (C=O) groups is 1. The van der Waals surface area contributed by atoms with Crippen molar-refractivity contribution in [3.8, 4) is 5.75 Å². The number of ether oxygens (including phenoxy) is 1. The van der Waals surface area contributed by atoms with E-state index in [1.165, 1.54) is 6.07 Å². The molecule has 2 aromatic rings. The fourth-order valence-corrected chi connectivity index (χ4v) is 2.22. The zero-order chi connectivity index (χ0) is 13.5. The summed E-state index contributed by atoms with van der Waals surface area (Å²) < 4.78 is 18.5. The first-order valence-corrected chi connectivity index (χ1v) is 6.85. The van der Waals surface area contributed by atoms with Gasteiger partial charge in [0.2, 0.25) is 5.91 Å². The Labute approximate surface area is 115 Å². The van der Waals surface area contributed by atoms with Crippen molar-refractivity contribution in [2.75, 3.05) is 13.2 Å². The predicted octanol–water partition coefficient (Wildman–Crippen LogP) is 2.62. The van der Waals surface area contributed by atoms with Crippen LogP contribution in [0.15, 0.2) is 41.1 Å². The van der Waals surface area contributed by atoms with E-state index < -0.39 is 5.82 Å². The van der Waals surface area contributed by atoms with Crippen LogP contribution in [-0.4, -0.2) is 19.1 Å². The van der Waals surface area contributed by atoms with Crippen molar-refractivity contribution in [1.29, 1.82) is 0 Å². The molecule has 19 heavy (non-hydrogen) atoms. The zero-order valence-electron chi connectivity index (χ0n) is 10.3. The number of hydrogen-bond acceptors (Lipinski definition) is 3. The molecular formula is C14H14FNO2S. The predicted molar refractivity (Wildman–Crippen MR) is 72.9 cm³/mol. The molecule has 0 bridgehead atoms. The van der Waals surface area contributed by atoms with E-state index in [0.29, 0.717) is 13.0 Å². The van der Waals surface area contributed by atoms with Gasteiger partial charge in [0.1, 0.15) is 6.61 Å². The van der Waals surface area contributed by atoms with Crippen LogP contribution in [0.4, 0.5) is 4.39 Å². The van der Waals surface area contributed by atoms with Gasteiger partial charge >= 0.3 is 0 Å².